The highest BCUT2D eigenvalue weighted by Gasteiger charge is 2.33. The standard InChI is InChI=1S/C10H15BrClN3O2S/c1-14-10(9(12)6-13-14)18(16,17)15-4-2-3-8(5-11)7-15/h6,8H,2-5,7H2,1H3. The van der Waals surface area contributed by atoms with E-state index in [0.29, 0.717) is 19.0 Å². The number of rotatable bonds is 3. The maximum Gasteiger partial charge on any atom is 0.261 e. The molecule has 1 aromatic rings. The number of hydrogen-bond acceptors (Lipinski definition) is 3. The lowest BCUT2D eigenvalue weighted by atomic mass is 10.0. The van der Waals surface area contributed by atoms with E-state index in [-0.39, 0.29) is 10.0 Å². The summed E-state index contributed by atoms with van der Waals surface area (Å²) in [6.07, 6.45) is 3.29. The maximum absolute atomic E-state index is 12.5. The fourth-order valence-corrected chi connectivity index (χ4v) is 4.87. The second-order valence-electron chi connectivity index (χ2n) is 4.45. The SMILES string of the molecule is Cn1ncc(Cl)c1S(=O)(=O)N1CCCC(CBr)C1. The Bertz CT molecular complexity index is 512. The van der Waals surface area contributed by atoms with Crippen LogP contribution in [-0.2, 0) is 17.1 Å². The normalized spacial score (nSPS) is 22.3. The minimum Gasteiger partial charge on any atom is -0.255 e. The van der Waals surface area contributed by atoms with Gasteiger partial charge >= 0.3 is 0 Å². The summed E-state index contributed by atoms with van der Waals surface area (Å²) in [6, 6.07) is 0. The van der Waals surface area contributed by atoms with Crippen molar-refractivity contribution in [2.45, 2.75) is 17.9 Å². The van der Waals surface area contributed by atoms with Gasteiger partial charge in [-0.1, -0.05) is 27.5 Å². The van der Waals surface area contributed by atoms with E-state index >= 15 is 0 Å². The summed E-state index contributed by atoms with van der Waals surface area (Å²) in [5, 5.41) is 4.97. The van der Waals surface area contributed by atoms with Gasteiger partial charge < -0.3 is 0 Å². The van der Waals surface area contributed by atoms with Crippen molar-refractivity contribution < 1.29 is 8.42 Å². The third-order valence-corrected chi connectivity index (χ3v) is 6.42. The number of hydrogen-bond donors (Lipinski definition) is 0. The van der Waals surface area contributed by atoms with Gasteiger partial charge in [0.2, 0.25) is 0 Å². The quantitative estimate of drug-likeness (QED) is 0.777. The second-order valence-corrected chi connectivity index (χ2v) is 7.35. The van der Waals surface area contributed by atoms with Crippen LogP contribution in [0.5, 0.6) is 0 Å². The Morgan fingerprint density at radius 3 is 2.89 bits per heavy atom. The highest BCUT2D eigenvalue weighted by molar-refractivity contribution is 9.09. The van der Waals surface area contributed by atoms with E-state index in [0.717, 1.165) is 18.2 Å². The van der Waals surface area contributed by atoms with Crippen LogP contribution in [0.4, 0.5) is 0 Å². The van der Waals surface area contributed by atoms with Crippen LogP contribution >= 0.6 is 27.5 Å². The molecule has 0 bridgehead atoms. The Hall–Kier alpha value is -0.110. The van der Waals surface area contributed by atoms with Crippen LogP contribution in [0.25, 0.3) is 0 Å². The molecular formula is C10H15BrClN3O2S. The van der Waals surface area contributed by atoms with Crippen molar-refractivity contribution in [2.75, 3.05) is 18.4 Å². The van der Waals surface area contributed by atoms with Crippen molar-refractivity contribution in [2.24, 2.45) is 13.0 Å². The fraction of sp³-hybridized carbons (Fsp3) is 0.700. The van der Waals surface area contributed by atoms with Gasteiger partial charge in [-0.2, -0.15) is 9.40 Å². The molecule has 8 heteroatoms. The lowest BCUT2D eigenvalue weighted by Gasteiger charge is -2.30. The van der Waals surface area contributed by atoms with Crippen molar-refractivity contribution in [1.29, 1.82) is 0 Å². The van der Waals surface area contributed by atoms with E-state index < -0.39 is 10.0 Å². The van der Waals surface area contributed by atoms with Gasteiger partial charge in [0.1, 0.15) is 0 Å². The zero-order valence-electron chi connectivity index (χ0n) is 10.0. The Balaban J connectivity index is 2.31. The third kappa shape index (κ3) is 2.59. The molecule has 2 rings (SSSR count). The molecule has 2 heterocycles. The summed E-state index contributed by atoms with van der Waals surface area (Å²) in [5.41, 5.74) is 0. The molecule has 0 radical (unpaired) electrons. The Labute approximate surface area is 120 Å². The molecular weight excluding hydrogens is 342 g/mol. The molecule has 5 nitrogen and oxygen atoms in total. The van der Waals surface area contributed by atoms with Crippen molar-refractivity contribution in [3.8, 4) is 0 Å². The molecule has 102 valence electrons. The van der Waals surface area contributed by atoms with Crippen LogP contribution in [0.3, 0.4) is 0 Å². The molecule has 0 aromatic carbocycles. The van der Waals surface area contributed by atoms with Gasteiger partial charge in [-0.05, 0) is 18.8 Å². The molecule has 0 saturated carbocycles. The van der Waals surface area contributed by atoms with Crippen molar-refractivity contribution in [3.63, 3.8) is 0 Å². The number of alkyl halides is 1. The van der Waals surface area contributed by atoms with Gasteiger partial charge in [0.25, 0.3) is 10.0 Å². The first-order valence-electron chi connectivity index (χ1n) is 5.70. The van der Waals surface area contributed by atoms with Gasteiger partial charge in [-0.3, -0.25) is 4.68 Å². The first-order chi connectivity index (χ1) is 8.46. The van der Waals surface area contributed by atoms with Gasteiger partial charge in [0.15, 0.2) is 5.03 Å². The van der Waals surface area contributed by atoms with Crippen LogP contribution in [0.1, 0.15) is 12.8 Å². The Morgan fingerprint density at radius 2 is 2.33 bits per heavy atom. The number of nitrogens with zero attached hydrogens (tertiary/aromatic N) is 3. The lowest BCUT2D eigenvalue weighted by molar-refractivity contribution is 0.284. The van der Waals surface area contributed by atoms with Crippen molar-refractivity contribution in [3.05, 3.63) is 11.2 Å². The van der Waals surface area contributed by atoms with Crippen LogP contribution in [0.15, 0.2) is 11.2 Å². The molecule has 1 fully saturated rings. The van der Waals surface area contributed by atoms with Gasteiger partial charge in [-0.15, -0.1) is 0 Å². The van der Waals surface area contributed by atoms with E-state index in [1.165, 1.54) is 15.2 Å². The van der Waals surface area contributed by atoms with Crippen LogP contribution < -0.4 is 0 Å². The number of sulfonamides is 1. The largest absolute Gasteiger partial charge is 0.261 e. The predicted molar refractivity (Wildman–Crippen MR) is 73.5 cm³/mol. The fourth-order valence-electron chi connectivity index (χ4n) is 2.18. The third-order valence-electron chi connectivity index (χ3n) is 3.13. The Kier molecular flexibility index (Phi) is 4.36. The van der Waals surface area contributed by atoms with Gasteiger partial charge in [-0.25, -0.2) is 8.42 Å². The van der Waals surface area contributed by atoms with E-state index in [4.69, 9.17) is 11.6 Å². The number of piperidine rings is 1. The summed E-state index contributed by atoms with van der Waals surface area (Å²) in [6.45, 7) is 1.09. The monoisotopic (exact) mass is 355 g/mol. The van der Waals surface area contributed by atoms with E-state index in [1.54, 1.807) is 7.05 Å². The first kappa shape index (κ1) is 14.3. The summed E-state index contributed by atoms with van der Waals surface area (Å²) in [7, 11) is -1.95. The average Bonchev–Trinajstić information content (AvgIpc) is 2.69. The summed E-state index contributed by atoms with van der Waals surface area (Å²) in [5.74, 6) is 0.362. The molecule has 0 aliphatic carbocycles. The van der Waals surface area contributed by atoms with Gasteiger partial charge in [0.05, 0.1) is 11.2 Å². The molecule has 0 amide bonds. The molecule has 1 atom stereocenters. The average molecular weight is 357 g/mol. The highest BCUT2D eigenvalue weighted by atomic mass is 79.9. The smallest absolute Gasteiger partial charge is 0.255 e. The van der Waals surface area contributed by atoms with Crippen LogP contribution in [0, 0.1) is 5.92 Å². The molecule has 18 heavy (non-hydrogen) atoms. The molecule has 1 aliphatic rings. The summed E-state index contributed by atoms with van der Waals surface area (Å²) < 4.78 is 27.9. The van der Waals surface area contributed by atoms with E-state index in [2.05, 4.69) is 21.0 Å². The summed E-state index contributed by atoms with van der Waals surface area (Å²) >= 11 is 9.34. The van der Waals surface area contributed by atoms with Crippen molar-refractivity contribution in [1.82, 2.24) is 14.1 Å². The molecule has 1 aromatic heterocycles. The van der Waals surface area contributed by atoms with Crippen LogP contribution in [0.2, 0.25) is 5.02 Å². The molecule has 0 spiro atoms. The number of aromatic nitrogens is 2. The second kappa shape index (κ2) is 5.48. The maximum atomic E-state index is 12.5. The minimum atomic E-state index is -3.54. The predicted octanol–water partition coefficient (Wildman–Crippen LogP) is 1.87. The first-order valence-corrected chi connectivity index (χ1v) is 8.64. The molecule has 1 aliphatic heterocycles. The Morgan fingerprint density at radius 1 is 1.61 bits per heavy atom. The molecule has 0 N–H and O–H groups in total. The molecule has 1 saturated heterocycles. The molecule has 1 unspecified atom stereocenters. The highest BCUT2D eigenvalue weighted by Crippen LogP contribution is 2.28. The zero-order valence-corrected chi connectivity index (χ0v) is 13.2. The topological polar surface area (TPSA) is 55.2 Å². The zero-order chi connectivity index (χ0) is 13.3. The summed E-state index contributed by atoms with van der Waals surface area (Å²) in [4.78, 5) is 0. The van der Waals surface area contributed by atoms with Crippen molar-refractivity contribution >= 4 is 37.6 Å². The number of halogens is 2. The number of aryl methyl sites for hydroxylation is 1. The minimum absolute atomic E-state index is 0.0828. The van der Waals surface area contributed by atoms with Crippen LogP contribution in [-0.4, -0.2) is 40.9 Å². The van der Waals surface area contributed by atoms with Gasteiger partial charge in [0, 0.05) is 25.5 Å². The van der Waals surface area contributed by atoms with E-state index in [9.17, 15) is 8.42 Å². The lowest BCUT2D eigenvalue weighted by Crippen LogP contribution is -2.41. The van der Waals surface area contributed by atoms with E-state index in [1.807, 2.05) is 0 Å².